The molecule has 0 amide bonds. The fourth-order valence-corrected chi connectivity index (χ4v) is 3.35. The van der Waals surface area contributed by atoms with Gasteiger partial charge in [0.05, 0.1) is 12.6 Å². The van der Waals surface area contributed by atoms with Gasteiger partial charge in [-0.15, -0.1) is 0 Å². The summed E-state index contributed by atoms with van der Waals surface area (Å²) in [4.78, 5) is 17.1. The topological polar surface area (TPSA) is 103 Å². The van der Waals surface area contributed by atoms with Gasteiger partial charge in [0.1, 0.15) is 23.7 Å². The minimum Gasteiger partial charge on any atom is -0.508 e. The van der Waals surface area contributed by atoms with E-state index in [0.29, 0.717) is 28.0 Å². The fraction of sp³-hybridized carbons (Fsp3) is 0.0952. The van der Waals surface area contributed by atoms with E-state index in [4.69, 9.17) is 10.5 Å². The predicted octanol–water partition coefficient (Wildman–Crippen LogP) is 2.99. The molecule has 0 fully saturated rings. The summed E-state index contributed by atoms with van der Waals surface area (Å²) in [6.45, 7) is 0. The number of phenols is 1. The molecule has 7 heteroatoms. The zero-order chi connectivity index (χ0) is 19.7. The molecule has 0 saturated carbocycles. The van der Waals surface area contributed by atoms with E-state index < -0.39 is 11.9 Å². The molecule has 0 saturated heterocycles. The summed E-state index contributed by atoms with van der Waals surface area (Å²) >= 11 is 0. The number of esters is 1. The van der Waals surface area contributed by atoms with Crippen LogP contribution < -0.4 is 5.73 Å². The Bertz CT molecular complexity index is 1150. The number of anilines is 1. The van der Waals surface area contributed by atoms with Gasteiger partial charge in [0.2, 0.25) is 0 Å². The molecular formula is C21H18N4O3. The molecule has 0 spiro atoms. The third kappa shape index (κ3) is 2.92. The summed E-state index contributed by atoms with van der Waals surface area (Å²) in [5, 5.41) is 13.9. The third-order valence-electron chi connectivity index (χ3n) is 4.68. The van der Waals surface area contributed by atoms with Gasteiger partial charge in [-0.25, -0.2) is 9.50 Å². The van der Waals surface area contributed by atoms with Gasteiger partial charge in [0.25, 0.3) is 0 Å². The molecule has 0 aliphatic carbocycles. The van der Waals surface area contributed by atoms with Crippen molar-refractivity contribution in [3.63, 3.8) is 0 Å². The molecule has 0 aliphatic rings. The third-order valence-corrected chi connectivity index (χ3v) is 4.68. The Morgan fingerprint density at radius 2 is 1.89 bits per heavy atom. The molecule has 7 nitrogen and oxygen atoms in total. The number of nitrogens with two attached hydrogens (primary N) is 1. The number of aromatic nitrogens is 3. The number of benzene rings is 2. The zero-order valence-corrected chi connectivity index (χ0v) is 15.1. The van der Waals surface area contributed by atoms with E-state index in [1.165, 1.54) is 25.6 Å². The Kier molecular flexibility index (Phi) is 4.41. The molecule has 2 aromatic heterocycles. The summed E-state index contributed by atoms with van der Waals surface area (Å²) in [5.41, 5.74) is 10.2. The molecule has 4 rings (SSSR count). The van der Waals surface area contributed by atoms with E-state index >= 15 is 0 Å². The van der Waals surface area contributed by atoms with Gasteiger partial charge in [0, 0.05) is 23.0 Å². The van der Waals surface area contributed by atoms with Crippen molar-refractivity contribution in [3.05, 3.63) is 78.2 Å². The summed E-state index contributed by atoms with van der Waals surface area (Å²) in [7, 11) is 1.35. The number of hydrogen-bond donors (Lipinski definition) is 2. The highest BCUT2D eigenvalue weighted by molar-refractivity contribution is 5.91. The number of fused-ring (bicyclic) bond motifs is 1. The fourth-order valence-electron chi connectivity index (χ4n) is 3.35. The lowest BCUT2D eigenvalue weighted by atomic mass is 9.91. The lowest BCUT2D eigenvalue weighted by molar-refractivity contribution is -0.141. The zero-order valence-electron chi connectivity index (χ0n) is 15.1. The molecule has 140 valence electrons. The van der Waals surface area contributed by atoms with Crippen LogP contribution in [0.2, 0.25) is 0 Å². The van der Waals surface area contributed by atoms with Crippen LogP contribution >= 0.6 is 0 Å². The molecule has 0 radical (unpaired) electrons. The van der Waals surface area contributed by atoms with Crippen molar-refractivity contribution in [2.75, 3.05) is 12.8 Å². The van der Waals surface area contributed by atoms with E-state index in [1.807, 2.05) is 24.3 Å². The SMILES string of the molecule is COC(=O)C(c1ccc(O)cc1)c1ccn2ncnc(-c3ccccc3N)c12. The van der Waals surface area contributed by atoms with Gasteiger partial charge < -0.3 is 15.6 Å². The summed E-state index contributed by atoms with van der Waals surface area (Å²) in [6.07, 6.45) is 3.22. The van der Waals surface area contributed by atoms with Crippen molar-refractivity contribution < 1.29 is 14.6 Å². The highest BCUT2D eigenvalue weighted by Gasteiger charge is 2.28. The van der Waals surface area contributed by atoms with Gasteiger partial charge in [-0.2, -0.15) is 5.10 Å². The van der Waals surface area contributed by atoms with E-state index in [0.717, 1.165) is 5.56 Å². The van der Waals surface area contributed by atoms with Crippen LogP contribution in [0.15, 0.2) is 67.1 Å². The van der Waals surface area contributed by atoms with Crippen molar-refractivity contribution in [1.29, 1.82) is 0 Å². The molecule has 1 unspecified atom stereocenters. The number of para-hydroxylation sites is 1. The normalized spacial score (nSPS) is 12.0. The van der Waals surface area contributed by atoms with Gasteiger partial charge >= 0.3 is 5.97 Å². The van der Waals surface area contributed by atoms with Crippen LogP contribution in [0.5, 0.6) is 5.75 Å². The van der Waals surface area contributed by atoms with Gasteiger partial charge in [0.15, 0.2) is 0 Å². The smallest absolute Gasteiger partial charge is 0.317 e. The monoisotopic (exact) mass is 374 g/mol. The number of nitrogen functional groups attached to an aromatic ring is 1. The van der Waals surface area contributed by atoms with Crippen LogP contribution in [0.3, 0.4) is 0 Å². The van der Waals surface area contributed by atoms with Gasteiger partial charge in [-0.05, 0) is 29.8 Å². The van der Waals surface area contributed by atoms with Crippen LogP contribution in [0.25, 0.3) is 16.8 Å². The molecule has 1 atom stereocenters. The maximum Gasteiger partial charge on any atom is 0.317 e. The van der Waals surface area contributed by atoms with Crippen molar-refractivity contribution in [3.8, 4) is 17.0 Å². The first kappa shape index (κ1) is 17.5. The van der Waals surface area contributed by atoms with Crippen LogP contribution in [-0.2, 0) is 9.53 Å². The molecule has 3 N–H and O–H groups in total. The first-order chi connectivity index (χ1) is 13.6. The predicted molar refractivity (Wildman–Crippen MR) is 105 cm³/mol. The molecule has 0 aliphatic heterocycles. The molecule has 0 bridgehead atoms. The second-order valence-electron chi connectivity index (χ2n) is 6.31. The first-order valence-electron chi connectivity index (χ1n) is 8.64. The van der Waals surface area contributed by atoms with Crippen molar-refractivity contribution in [2.24, 2.45) is 0 Å². The van der Waals surface area contributed by atoms with Gasteiger partial charge in [-0.1, -0.05) is 30.3 Å². The van der Waals surface area contributed by atoms with Crippen LogP contribution in [0.1, 0.15) is 17.0 Å². The number of methoxy groups -OCH3 is 1. The Labute approximate surface area is 161 Å². The quantitative estimate of drug-likeness (QED) is 0.420. The number of carbonyl (C=O) groups is 1. The Hall–Kier alpha value is -3.87. The van der Waals surface area contributed by atoms with E-state index in [9.17, 15) is 9.90 Å². The Morgan fingerprint density at radius 3 is 2.61 bits per heavy atom. The molecule has 4 aromatic rings. The van der Waals surface area contributed by atoms with Crippen molar-refractivity contribution in [1.82, 2.24) is 14.6 Å². The number of rotatable bonds is 4. The lowest BCUT2D eigenvalue weighted by Crippen LogP contribution is -2.16. The Balaban J connectivity index is 1.98. The second-order valence-corrected chi connectivity index (χ2v) is 6.31. The minimum atomic E-state index is -0.703. The number of carbonyl (C=O) groups excluding carboxylic acids is 1. The van der Waals surface area contributed by atoms with Crippen LogP contribution in [0, 0.1) is 0 Å². The maximum absolute atomic E-state index is 12.7. The number of nitrogens with zero attached hydrogens (tertiary/aromatic N) is 3. The minimum absolute atomic E-state index is 0.121. The maximum atomic E-state index is 12.7. The van der Waals surface area contributed by atoms with E-state index in [-0.39, 0.29) is 5.75 Å². The second kappa shape index (κ2) is 7.03. The molecular weight excluding hydrogens is 356 g/mol. The highest BCUT2D eigenvalue weighted by Crippen LogP contribution is 2.36. The Morgan fingerprint density at radius 1 is 1.14 bits per heavy atom. The van der Waals surface area contributed by atoms with Crippen LogP contribution in [0.4, 0.5) is 5.69 Å². The highest BCUT2D eigenvalue weighted by atomic mass is 16.5. The average molecular weight is 374 g/mol. The van der Waals surface area contributed by atoms with Crippen molar-refractivity contribution >= 4 is 17.2 Å². The van der Waals surface area contributed by atoms with Crippen LogP contribution in [-0.4, -0.2) is 32.8 Å². The van der Waals surface area contributed by atoms with E-state index in [1.54, 1.807) is 28.9 Å². The summed E-state index contributed by atoms with van der Waals surface area (Å²) in [6, 6.07) is 15.7. The summed E-state index contributed by atoms with van der Waals surface area (Å²) in [5.74, 6) is -1.00. The average Bonchev–Trinajstić information content (AvgIpc) is 3.14. The summed E-state index contributed by atoms with van der Waals surface area (Å²) < 4.78 is 6.73. The molecule has 28 heavy (non-hydrogen) atoms. The first-order valence-corrected chi connectivity index (χ1v) is 8.64. The molecule has 2 heterocycles. The van der Waals surface area contributed by atoms with Gasteiger partial charge in [-0.3, -0.25) is 4.79 Å². The number of phenolic OH excluding ortho intramolecular Hbond substituents is 1. The standard InChI is InChI=1S/C21H18N4O3/c1-28-21(27)18(13-6-8-14(26)9-7-13)16-10-11-25-20(16)19(23-12-24-25)15-4-2-3-5-17(15)22/h2-12,18,26H,22H2,1H3. The number of aromatic hydroxyl groups is 1. The van der Waals surface area contributed by atoms with Crippen molar-refractivity contribution in [2.45, 2.75) is 5.92 Å². The number of ether oxygens (including phenoxy) is 1. The largest absolute Gasteiger partial charge is 0.508 e. The lowest BCUT2D eigenvalue weighted by Gasteiger charge is -2.16. The molecule has 2 aromatic carbocycles. The number of hydrogen-bond acceptors (Lipinski definition) is 6. The van der Waals surface area contributed by atoms with E-state index in [2.05, 4.69) is 10.1 Å².